The summed E-state index contributed by atoms with van der Waals surface area (Å²) < 4.78 is 32.6. The first kappa shape index (κ1) is 32.0. The van der Waals surface area contributed by atoms with Crippen LogP contribution in [0.25, 0.3) is 10.8 Å². The molecule has 0 spiro atoms. The van der Waals surface area contributed by atoms with Gasteiger partial charge in [0.15, 0.2) is 6.19 Å². The fourth-order valence-electron chi connectivity index (χ4n) is 3.83. The Hall–Kier alpha value is -4.54. The molecule has 2 aromatic carbocycles. The number of guanidine groups is 1. The summed E-state index contributed by atoms with van der Waals surface area (Å²) in [7, 11) is 3.48. The molecule has 1 aromatic heterocycles. The van der Waals surface area contributed by atoms with Crippen molar-refractivity contribution in [1.82, 2.24) is 25.8 Å². The van der Waals surface area contributed by atoms with Gasteiger partial charge in [-0.25, -0.2) is 18.6 Å². The Labute approximate surface area is 246 Å². The van der Waals surface area contributed by atoms with Gasteiger partial charge in [-0.05, 0) is 54.1 Å². The second-order valence-corrected chi connectivity index (χ2v) is 9.72. The normalized spacial score (nSPS) is 11.9. The molecule has 0 aliphatic rings. The van der Waals surface area contributed by atoms with Crippen LogP contribution in [-0.2, 0) is 16.1 Å². The van der Waals surface area contributed by atoms with Gasteiger partial charge in [0.2, 0.25) is 11.9 Å². The molecule has 4 N–H and O–H groups in total. The van der Waals surface area contributed by atoms with Gasteiger partial charge in [-0.15, -0.1) is 0 Å². The number of ether oxygens (including phenoxy) is 1. The Morgan fingerprint density at radius 1 is 1.19 bits per heavy atom. The second kappa shape index (κ2) is 16.0. The highest BCUT2D eigenvalue weighted by Gasteiger charge is 2.16. The lowest BCUT2D eigenvalue weighted by Crippen LogP contribution is -2.43. The highest BCUT2D eigenvalue weighted by molar-refractivity contribution is 6.31. The molecule has 0 fully saturated rings. The summed E-state index contributed by atoms with van der Waals surface area (Å²) in [5, 5.41) is 20.8. The van der Waals surface area contributed by atoms with Crippen molar-refractivity contribution < 1.29 is 23.1 Å². The Morgan fingerprint density at radius 3 is 2.76 bits per heavy atom. The number of carbonyl (C=O) groups is 2. The third kappa shape index (κ3) is 10.1. The van der Waals surface area contributed by atoms with Crippen molar-refractivity contribution in [3.63, 3.8) is 0 Å². The maximum atomic E-state index is 13.7. The number of benzene rings is 2. The zero-order valence-corrected chi connectivity index (χ0v) is 23.8. The average Bonchev–Trinajstić information content (AvgIpc) is 2.95. The number of hydrogen-bond acceptors (Lipinski definition) is 7. The van der Waals surface area contributed by atoms with Gasteiger partial charge in [0.05, 0.1) is 17.6 Å². The quantitative estimate of drug-likeness (QED) is 0.0809. The summed E-state index contributed by atoms with van der Waals surface area (Å²) in [6.45, 7) is 0.261. The number of anilines is 1. The highest BCUT2D eigenvalue weighted by Crippen LogP contribution is 2.19. The predicted octanol–water partition coefficient (Wildman–Crippen LogP) is 3.76. The number of nitrogens with zero attached hydrogens (tertiary/aromatic N) is 4. The van der Waals surface area contributed by atoms with E-state index in [4.69, 9.17) is 21.6 Å². The molecule has 11 nitrogen and oxygen atoms in total. The highest BCUT2D eigenvalue weighted by atomic mass is 35.5. The van der Waals surface area contributed by atoms with E-state index in [2.05, 4.69) is 31.2 Å². The van der Waals surface area contributed by atoms with Gasteiger partial charge in [-0.3, -0.25) is 20.4 Å². The van der Waals surface area contributed by atoms with E-state index in [1.807, 2.05) is 6.19 Å². The van der Waals surface area contributed by atoms with Crippen molar-refractivity contribution in [2.75, 3.05) is 39.1 Å². The topological polar surface area (TPSA) is 144 Å². The Morgan fingerprint density at radius 2 is 2.00 bits per heavy atom. The van der Waals surface area contributed by atoms with Crippen LogP contribution >= 0.6 is 11.6 Å². The zero-order valence-electron chi connectivity index (χ0n) is 23.1. The Bertz CT molecular complexity index is 1460. The first-order valence-corrected chi connectivity index (χ1v) is 13.3. The van der Waals surface area contributed by atoms with Crippen LogP contribution < -0.4 is 21.3 Å². The molecular formula is C28H31ClF2N8O3. The van der Waals surface area contributed by atoms with E-state index in [1.54, 1.807) is 31.1 Å². The Balaban J connectivity index is 1.57. The first-order chi connectivity index (χ1) is 20.2. The van der Waals surface area contributed by atoms with Gasteiger partial charge >= 0.3 is 6.09 Å². The molecule has 14 heteroatoms. The van der Waals surface area contributed by atoms with Crippen LogP contribution in [0.15, 0.2) is 53.7 Å². The van der Waals surface area contributed by atoms with Crippen molar-refractivity contribution in [1.29, 1.82) is 5.26 Å². The number of nitrogens with one attached hydrogen (secondary N) is 4. The van der Waals surface area contributed by atoms with E-state index < -0.39 is 23.8 Å². The fourth-order valence-corrected chi connectivity index (χ4v) is 4.03. The third-order valence-corrected chi connectivity index (χ3v) is 6.31. The molecule has 0 bridgehead atoms. The summed E-state index contributed by atoms with van der Waals surface area (Å²) in [6.07, 6.45) is 3.43. The van der Waals surface area contributed by atoms with Gasteiger partial charge in [-0.1, -0.05) is 23.7 Å². The SMILES string of the molecule is CN(C)C(=NCCC[C@@H](COC(=O)Nc1cc2cc(F)ccc2cn1)NC(=O)CNCc1cccc(F)c1Cl)NC#N. The summed E-state index contributed by atoms with van der Waals surface area (Å²) >= 11 is 5.96. The molecule has 0 saturated heterocycles. The van der Waals surface area contributed by atoms with Gasteiger partial charge in [0.1, 0.15) is 24.1 Å². The largest absolute Gasteiger partial charge is 0.447 e. The van der Waals surface area contributed by atoms with E-state index in [0.29, 0.717) is 41.7 Å². The number of amides is 2. The number of halogens is 3. The van der Waals surface area contributed by atoms with Crippen molar-refractivity contribution in [3.05, 3.63) is 70.9 Å². The van der Waals surface area contributed by atoms with Crippen LogP contribution in [0.5, 0.6) is 0 Å². The van der Waals surface area contributed by atoms with Crippen molar-refractivity contribution in [2.24, 2.45) is 4.99 Å². The van der Waals surface area contributed by atoms with E-state index in [1.165, 1.54) is 36.5 Å². The van der Waals surface area contributed by atoms with Crippen LogP contribution in [0.1, 0.15) is 18.4 Å². The van der Waals surface area contributed by atoms with E-state index >= 15 is 0 Å². The summed E-state index contributed by atoms with van der Waals surface area (Å²) in [5.74, 6) is -0.781. The van der Waals surface area contributed by atoms with Crippen LogP contribution in [0, 0.1) is 23.1 Å². The molecule has 1 atom stereocenters. The average molecular weight is 601 g/mol. The van der Waals surface area contributed by atoms with Gasteiger partial charge in [-0.2, -0.15) is 5.26 Å². The summed E-state index contributed by atoms with van der Waals surface area (Å²) in [5.41, 5.74) is 0.506. The molecule has 1 heterocycles. The molecule has 0 unspecified atom stereocenters. The molecular weight excluding hydrogens is 570 g/mol. The monoisotopic (exact) mass is 600 g/mol. The number of aliphatic imine (C=N–C) groups is 1. The number of carbonyl (C=O) groups excluding carboxylic acids is 2. The molecule has 3 aromatic rings. The lowest BCUT2D eigenvalue weighted by molar-refractivity contribution is -0.121. The van der Waals surface area contributed by atoms with Crippen molar-refractivity contribution >= 4 is 46.2 Å². The lowest BCUT2D eigenvalue weighted by atomic mass is 10.1. The van der Waals surface area contributed by atoms with Crippen molar-refractivity contribution in [3.8, 4) is 6.19 Å². The van der Waals surface area contributed by atoms with Crippen molar-refractivity contribution in [2.45, 2.75) is 25.4 Å². The second-order valence-electron chi connectivity index (χ2n) is 9.34. The fraction of sp³-hybridized carbons (Fsp3) is 0.321. The maximum Gasteiger partial charge on any atom is 0.412 e. The maximum absolute atomic E-state index is 13.7. The van der Waals surface area contributed by atoms with Gasteiger partial charge < -0.3 is 20.3 Å². The summed E-state index contributed by atoms with van der Waals surface area (Å²) in [4.78, 5) is 35.2. The van der Waals surface area contributed by atoms with Crippen LogP contribution in [-0.4, -0.2) is 67.7 Å². The molecule has 0 aliphatic heterocycles. The minimum atomic E-state index is -0.803. The van der Waals surface area contributed by atoms with E-state index in [9.17, 15) is 18.4 Å². The molecule has 0 radical (unpaired) electrons. The molecule has 222 valence electrons. The van der Waals surface area contributed by atoms with Crippen LogP contribution in [0.4, 0.5) is 19.4 Å². The Kier molecular flexibility index (Phi) is 12.2. The first-order valence-electron chi connectivity index (χ1n) is 12.9. The zero-order chi connectivity index (χ0) is 30.5. The molecule has 0 saturated carbocycles. The minimum Gasteiger partial charge on any atom is -0.447 e. The summed E-state index contributed by atoms with van der Waals surface area (Å²) in [6, 6.07) is 9.60. The van der Waals surface area contributed by atoms with E-state index in [-0.39, 0.29) is 36.4 Å². The predicted molar refractivity (Wildman–Crippen MR) is 156 cm³/mol. The molecule has 0 aliphatic carbocycles. The number of pyridine rings is 1. The molecule has 3 rings (SSSR count). The lowest BCUT2D eigenvalue weighted by Gasteiger charge is -2.19. The standard InChI is InChI=1S/C28H31ClF2N8O3/c1-39(2)27(36-17-32)34-10-4-6-22(37-25(40)15-33-13-19-5-3-7-23(31)26(19)29)16-42-28(41)38-24-12-20-11-21(30)9-8-18(20)14-35-24/h3,5,7-9,11-12,14,22,33H,4,6,10,13,15-16H2,1-2H3,(H,34,36)(H,37,40)(H,35,38,41)/t22-/m0/s1. The number of hydrogen-bond donors (Lipinski definition) is 4. The number of aromatic nitrogens is 1. The number of fused-ring (bicyclic) bond motifs is 1. The molecule has 42 heavy (non-hydrogen) atoms. The third-order valence-electron chi connectivity index (χ3n) is 5.89. The van der Waals surface area contributed by atoms with Gasteiger partial charge in [0.25, 0.3) is 0 Å². The van der Waals surface area contributed by atoms with Crippen LogP contribution in [0.3, 0.4) is 0 Å². The minimum absolute atomic E-state index is 0.0164. The van der Waals surface area contributed by atoms with E-state index in [0.717, 1.165) is 0 Å². The van der Waals surface area contributed by atoms with Gasteiger partial charge in [0, 0.05) is 38.8 Å². The number of rotatable bonds is 12. The van der Waals surface area contributed by atoms with Crippen LogP contribution in [0.2, 0.25) is 5.02 Å². The molecule has 2 amide bonds. The smallest absolute Gasteiger partial charge is 0.412 e. The number of nitriles is 1.